The molecule has 5 amide bonds. The second-order valence-electron chi connectivity index (χ2n) is 29.8. The number of fused-ring (bicyclic) bond motifs is 8. The van der Waals surface area contributed by atoms with Gasteiger partial charge in [-0.05, 0) is 102 Å². The van der Waals surface area contributed by atoms with E-state index in [9.17, 15) is 85.3 Å². The van der Waals surface area contributed by atoms with E-state index in [1.807, 2.05) is 115 Å². The summed E-state index contributed by atoms with van der Waals surface area (Å²) in [6.07, 6.45) is -15.8. The molecule has 35 heteroatoms. The number of nitrogens with one attached hydrogen (secondary N) is 7. The Bertz CT molecular complexity index is 4650. The second-order valence-corrected chi connectivity index (χ2v) is 29.8. The van der Waals surface area contributed by atoms with Crippen LogP contribution >= 0.6 is 0 Å². The number of hydrogen-bond acceptors (Lipinski definition) is 28. The maximum absolute atomic E-state index is 14.6. The van der Waals surface area contributed by atoms with Gasteiger partial charge in [-0.2, -0.15) is 0 Å². The van der Waals surface area contributed by atoms with Crippen molar-refractivity contribution in [2.45, 2.75) is 136 Å². The molecule has 122 heavy (non-hydrogen) atoms. The first kappa shape index (κ1) is 91.2. The van der Waals surface area contributed by atoms with Crippen molar-refractivity contribution in [3.63, 3.8) is 0 Å². The Kier molecular flexibility index (Phi) is 33.2. The largest absolute Gasteiger partial charge is 0.394 e. The van der Waals surface area contributed by atoms with Gasteiger partial charge in [-0.25, -0.2) is 9.97 Å². The fraction of sp³-hybridized carbons (Fsp3) is 0.437. The molecule has 3 saturated heterocycles. The van der Waals surface area contributed by atoms with Crippen molar-refractivity contribution in [1.29, 1.82) is 0 Å². The number of rotatable bonds is 41. The topological polar surface area (TPSA) is 529 Å². The van der Waals surface area contributed by atoms with Crippen molar-refractivity contribution in [2.75, 3.05) is 105 Å². The molecule has 15 atom stereocenters. The van der Waals surface area contributed by atoms with Gasteiger partial charge in [-0.15, -0.1) is 0 Å². The number of aliphatic hydroxyl groups is 12. The van der Waals surface area contributed by atoms with Gasteiger partial charge in [0.2, 0.25) is 23.6 Å². The predicted octanol–water partition coefficient (Wildman–Crippen LogP) is 1.10. The predicted molar refractivity (Wildman–Crippen MR) is 442 cm³/mol. The van der Waals surface area contributed by atoms with Gasteiger partial charge in [-0.3, -0.25) is 24.0 Å². The fourth-order valence-corrected chi connectivity index (χ4v) is 14.9. The lowest BCUT2D eigenvalue weighted by Gasteiger charge is -2.39. The van der Waals surface area contributed by atoms with Crippen molar-refractivity contribution in [2.24, 2.45) is 0 Å². The summed E-state index contributed by atoms with van der Waals surface area (Å²) in [7, 11) is 0. The van der Waals surface area contributed by atoms with E-state index in [0.29, 0.717) is 28.0 Å². The quantitative estimate of drug-likeness (QED) is 0.0239. The SMILES string of the molecule is O=C(CCC(CCC(=O)NCCOCCO[C@@H]1O[C@H](CO)[C@H](O)[C@H](O)[C@H]1O)(CCC(=O)NCCOCCO[C@@H]1O[C@H](CO)[C@H](O)[C@H](O)[C@H]1O)NC(=O)CNC(=O)c1ccc(-c2c3nc(c(-c4ccccc4)c4ccc([nH]4)c(-c4ccccc4)c4nc(c(-c5ccccc5)c5ccc2[nH]5)C=C4)C=C3)cc1)NCCOCCO[C@@H]1O[C@H](CO)[C@H](O)[C@H](O)[C@H]1O. The van der Waals surface area contributed by atoms with Crippen LogP contribution in [0.4, 0.5) is 0 Å². The van der Waals surface area contributed by atoms with Crippen molar-refractivity contribution < 1.29 is 128 Å². The number of carbonyl (C=O) groups excluding carboxylic acids is 5. The standard InChI is InChI=1S/C87H105N9O26/c97-47-63-74(104)77(107)80(110)84(120-63)117-43-40-114-37-34-88-66(100)28-31-87(32-29-67(101)89-35-38-115-41-44-118-85-81(111)78(108)75(105)64(48-98)121-85,33-30-68(102)90-36-39-116-42-45-119-86-82(112)79(109)76(106)65(49-99)122-86)96-69(103)46-91-83(113)54-18-16-53(17-19-54)73-61-26-24-59(94-61)71(51-12-6-2-7-13-51)57-22-20-55(92-57)70(50-10-4-1-5-11-50)56-21-23-58(93-56)72(52-14-8-3-9-15-52)60-25-27-62(73)95-60/h1-27,63-65,74-82,84-86,92,95,97-99,104-112H,28-49H2,(H,88,100)(H,89,101)(H,90,102)(H,91,113)(H,96,103)/t63-,64-,65-,74+,75+,76+,77+,78+,79+,80-,81-,82-,84-,85-,86-/m1/s1. The van der Waals surface area contributed by atoms with Crippen LogP contribution in [-0.4, -0.2) is 314 Å². The van der Waals surface area contributed by atoms with Crippen LogP contribution < -0.4 is 26.6 Å². The van der Waals surface area contributed by atoms with Crippen molar-refractivity contribution in [3.8, 4) is 44.5 Å². The summed E-state index contributed by atoms with van der Waals surface area (Å²) in [6, 6.07) is 45.0. The third-order valence-electron chi connectivity index (χ3n) is 21.5. The molecule has 7 aromatic rings. The summed E-state index contributed by atoms with van der Waals surface area (Å²) in [5.41, 5.74) is 11.3. The molecule has 3 fully saturated rings. The molecular weight excluding hydrogens is 1590 g/mol. The van der Waals surface area contributed by atoms with Gasteiger partial charge in [0.25, 0.3) is 5.91 Å². The molecule has 12 rings (SSSR count). The lowest BCUT2D eigenvalue weighted by atomic mass is 9.83. The van der Waals surface area contributed by atoms with Crippen molar-refractivity contribution in [1.82, 2.24) is 46.5 Å². The molecule has 19 N–H and O–H groups in total. The maximum atomic E-state index is 14.6. The molecule has 8 heterocycles. The average molecular weight is 1690 g/mol. The number of H-pyrrole nitrogens is 2. The first-order valence-corrected chi connectivity index (χ1v) is 40.5. The highest BCUT2D eigenvalue weighted by atomic mass is 16.7. The van der Waals surface area contributed by atoms with Gasteiger partial charge in [0.15, 0.2) is 18.9 Å². The van der Waals surface area contributed by atoms with Gasteiger partial charge in [0.05, 0.1) is 109 Å². The fourth-order valence-electron chi connectivity index (χ4n) is 14.9. The molecule has 8 bridgehead atoms. The highest BCUT2D eigenvalue weighted by molar-refractivity contribution is 6.01. The smallest absolute Gasteiger partial charge is 0.251 e. The van der Waals surface area contributed by atoms with Gasteiger partial charge >= 0.3 is 0 Å². The number of aliphatic hydroxyl groups excluding tert-OH is 12. The van der Waals surface area contributed by atoms with Gasteiger partial charge < -0.3 is 140 Å². The van der Waals surface area contributed by atoms with Crippen LogP contribution in [0.5, 0.6) is 0 Å². The Morgan fingerprint density at radius 3 is 0.959 bits per heavy atom. The molecule has 3 aromatic heterocycles. The molecule has 0 aliphatic carbocycles. The Morgan fingerprint density at radius 2 is 0.656 bits per heavy atom. The number of aromatic nitrogens is 4. The molecule has 5 aliphatic heterocycles. The van der Waals surface area contributed by atoms with Crippen LogP contribution in [0, 0.1) is 0 Å². The third kappa shape index (κ3) is 23.5. The highest BCUT2D eigenvalue weighted by Crippen LogP contribution is 2.40. The number of amides is 5. The number of benzene rings is 4. The van der Waals surface area contributed by atoms with Crippen LogP contribution in [0.3, 0.4) is 0 Å². The van der Waals surface area contributed by atoms with Gasteiger partial charge in [0.1, 0.15) is 73.2 Å². The van der Waals surface area contributed by atoms with E-state index in [1.54, 1.807) is 24.3 Å². The average Bonchev–Trinajstić information content (AvgIpc) is 1.60. The zero-order valence-corrected chi connectivity index (χ0v) is 66.8. The Hall–Kier alpha value is -10.0. The Balaban J connectivity index is 0.768. The summed E-state index contributed by atoms with van der Waals surface area (Å²) < 4.78 is 49.5. The summed E-state index contributed by atoms with van der Waals surface area (Å²) in [6.45, 7) is -3.65. The zero-order valence-electron chi connectivity index (χ0n) is 66.8. The zero-order chi connectivity index (χ0) is 86.2. The number of aromatic amines is 2. The molecule has 0 spiro atoms. The molecular formula is C87H105N9O26. The molecule has 5 aliphatic rings. The lowest BCUT2D eigenvalue weighted by Crippen LogP contribution is -2.59. The van der Waals surface area contributed by atoms with Crippen molar-refractivity contribution >= 4 is 75.9 Å². The molecule has 35 nitrogen and oxygen atoms in total. The number of ether oxygens (including phenoxy) is 9. The van der Waals surface area contributed by atoms with E-state index < -0.39 is 154 Å². The molecule has 0 unspecified atom stereocenters. The monoisotopic (exact) mass is 1690 g/mol. The van der Waals surface area contributed by atoms with Crippen LogP contribution in [-0.2, 0) is 61.8 Å². The van der Waals surface area contributed by atoms with Crippen LogP contribution in [0.2, 0.25) is 0 Å². The maximum Gasteiger partial charge on any atom is 0.251 e. The Labute approximate surface area is 701 Å². The summed E-state index contributed by atoms with van der Waals surface area (Å²) in [5.74, 6) is -3.00. The molecule has 0 radical (unpaired) electrons. The molecule has 4 aromatic carbocycles. The van der Waals surface area contributed by atoms with E-state index >= 15 is 0 Å². The summed E-state index contributed by atoms with van der Waals surface area (Å²) in [4.78, 5) is 88.9. The minimum atomic E-state index is -1.66. The van der Waals surface area contributed by atoms with Gasteiger partial charge in [0, 0.05) is 94.3 Å². The lowest BCUT2D eigenvalue weighted by molar-refractivity contribution is -0.302. The Morgan fingerprint density at radius 1 is 0.352 bits per heavy atom. The summed E-state index contributed by atoms with van der Waals surface area (Å²) >= 11 is 0. The van der Waals surface area contributed by atoms with Crippen LogP contribution in [0.15, 0.2) is 140 Å². The first-order chi connectivity index (χ1) is 59.1. The third-order valence-corrected chi connectivity index (χ3v) is 21.5. The number of hydrogen-bond donors (Lipinski definition) is 19. The normalized spacial score (nSPS) is 23.3. The van der Waals surface area contributed by atoms with Crippen LogP contribution in [0.25, 0.3) is 90.9 Å². The molecule has 654 valence electrons. The minimum Gasteiger partial charge on any atom is -0.394 e. The van der Waals surface area contributed by atoms with E-state index in [4.69, 9.17) is 52.6 Å². The van der Waals surface area contributed by atoms with Crippen LogP contribution in [0.1, 0.15) is 71.7 Å². The highest BCUT2D eigenvalue weighted by Gasteiger charge is 2.47. The number of nitrogens with zero attached hydrogens (tertiary/aromatic N) is 2. The van der Waals surface area contributed by atoms with E-state index in [1.165, 1.54) is 0 Å². The number of carbonyl (C=O) groups is 5. The first-order valence-electron chi connectivity index (χ1n) is 40.5. The minimum absolute atomic E-state index is 0.0421. The molecule has 0 saturated carbocycles. The summed E-state index contributed by atoms with van der Waals surface area (Å²) in [5, 5.41) is 135. The van der Waals surface area contributed by atoms with E-state index in [-0.39, 0.29) is 123 Å². The van der Waals surface area contributed by atoms with E-state index in [2.05, 4.69) is 60.8 Å². The van der Waals surface area contributed by atoms with Crippen molar-refractivity contribution in [3.05, 3.63) is 168 Å². The second kappa shape index (κ2) is 44.4. The van der Waals surface area contributed by atoms with Gasteiger partial charge in [-0.1, -0.05) is 103 Å². The van der Waals surface area contributed by atoms with E-state index in [0.717, 1.165) is 61.3 Å².